The molecule has 0 aliphatic carbocycles. The summed E-state index contributed by atoms with van der Waals surface area (Å²) in [5, 5.41) is 1.50. The molecule has 7 heteroatoms. The number of aryl methyl sites for hydroxylation is 1. The summed E-state index contributed by atoms with van der Waals surface area (Å²) >= 11 is 5.99. The molecule has 1 unspecified atom stereocenters. The lowest BCUT2D eigenvalue weighted by atomic mass is 9.92. The molecule has 31 heavy (non-hydrogen) atoms. The monoisotopic (exact) mass is 438 g/mol. The van der Waals surface area contributed by atoms with Gasteiger partial charge in [0.05, 0.1) is 12.5 Å². The first kappa shape index (κ1) is 20.1. The van der Waals surface area contributed by atoms with Crippen LogP contribution >= 0.6 is 11.6 Å². The Bertz CT molecular complexity index is 1200. The lowest BCUT2D eigenvalue weighted by Crippen LogP contribution is -2.49. The first-order chi connectivity index (χ1) is 15.0. The van der Waals surface area contributed by atoms with Gasteiger partial charge in [-0.05, 0) is 48.9 Å². The van der Waals surface area contributed by atoms with Crippen LogP contribution in [0.2, 0.25) is 5.02 Å². The molecule has 0 spiro atoms. The molecule has 5 rings (SSSR count). The average Bonchev–Trinajstić information content (AvgIpc) is 2.76. The van der Waals surface area contributed by atoms with Gasteiger partial charge in [0, 0.05) is 54.9 Å². The van der Waals surface area contributed by atoms with Crippen molar-refractivity contribution in [3.8, 4) is 5.75 Å². The minimum Gasteiger partial charge on any atom is -0.492 e. The molecule has 2 aliphatic heterocycles. The van der Waals surface area contributed by atoms with Crippen molar-refractivity contribution in [2.24, 2.45) is 5.92 Å². The molecule has 3 aromatic rings. The Morgan fingerprint density at radius 3 is 2.52 bits per heavy atom. The Morgan fingerprint density at radius 2 is 1.77 bits per heavy atom. The summed E-state index contributed by atoms with van der Waals surface area (Å²) in [5.74, 6) is 0.196. The second kappa shape index (κ2) is 8.02. The lowest BCUT2D eigenvalue weighted by Gasteiger charge is -2.38. The van der Waals surface area contributed by atoms with E-state index in [1.165, 1.54) is 6.07 Å². The molecule has 1 atom stereocenters. The minimum absolute atomic E-state index is 0.0132. The normalized spacial score (nSPS) is 19.4. The third-order valence-corrected chi connectivity index (χ3v) is 6.43. The SMILES string of the molecule is Cc1cc(=O)oc2c3c(ccc12)OCC(CN1CCN(c2ccc(Cl)cc2)CC1)C3=O. The quantitative estimate of drug-likeness (QED) is 0.580. The highest BCUT2D eigenvalue weighted by Crippen LogP contribution is 2.34. The van der Waals surface area contributed by atoms with Gasteiger partial charge < -0.3 is 14.1 Å². The first-order valence-corrected chi connectivity index (χ1v) is 10.8. The summed E-state index contributed by atoms with van der Waals surface area (Å²) in [4.78, 5) is 29.9. The van der Waals surface area contributed by atoms with Gasteiger partial charge in [-0.25, -0.2) is 4.79 Å². The minimum atomic E-state index is -0.452. The summed E-state index contributed by atoms with van der Waals surface area (Å²) in [6.45, 7) is 6.31. The van der Waals surface area contributed by atoms with Gasteiger partial charge in [0.25, 0.3) is 0 Å². The smallest absolute Gasteiger partial charge is 0.336 e. The predicted molar refractivity (Wildman–Crippen MR) is 121 cm³/mol. The highest BCUT2D eigenvalue weighted by atomic mass is 35.5. The molecule has 1 saturated heterocycles. The van der Waals surface area contributed by atoms with E-state index >= 15 is 0 Å². The number of anilines is 1. The molecular formula is C24H23ClN2O4. The summed E-state index contributed by atoms with van der Waals surface area (Å²) in [7, 11) is 0. The van der Waals surface area contributed by atoms with Crippen LogP contribution in [0.5, 0.6) is 5.75 Å². The van der Waals surface area contributed by atoms with E-state index in [0.29, 0.717) is 30.0 Å². The van der Waals surface area contributed by atoms with E-state index in [0.717, 1.165) is 47.8 Å². The van der Waals surface area contributed by atoms with Gasteiger partial charge in [0.15, 0.2) is 11.4 Å². The van der Waals surface area contributed by atoms with Gasteiger partial charge in [-0.2, -0.15) is 0 Å². The van der Waals surface area contributed by atoms with Crippen molar-refractivity contribution in [3.05, 3.63) is 69.0 Å². The Hall–Kier alpha value is -2.83. The number of hydrogen-bond donors (Lipinski definition) is 0. The van der Waals surface area contributed by atoms with Crippen LogP contribution in [-0.2, 0) is 0 Å². The highest BCUT2D eigenvalue weighted by Gasteiger charge is 2.34. The standard InChI is InChI=1S/C24H23ClN2O4/c1-15-12-21(28)31-24-19(15)6-7-20-22(24)23(29)16(14-30-20)13-26-8-10-27(11-9-26)18-4-2-17(25)3-5-18/h2-7,12,16H,8-11,13-14H2,1H3. The molecule has 3 heterocycles. The maximum atomic E-state index is 13.4. The van der Waals surface area contributed by atoms with Gasteiger partial charge in [-0.15, -0.1) is 0 Å². The molecule has 2 aromatic carbocycles. The van der Waals surface area contributed by atoms with Crippen LogP contribution in [0.4, 0.5) is 5.69 Å². The molecule has 1 fully saturated rings. The largest absolute Gasteiger partial charge is 0.492 e. The topological polar surface area (TPSA) is 63.0 Å². The van der Waals surface area contributed by atoms with Crippen LogP contribution in [0.25, 0.3) is 11.0 Å². The van der Waals surface area contributed by atoms with Crippen molar-refractivity contribution in [2.75, 3.05) is 44.2 Å². The summed E-state index contributed by atoms with van der Waals surface area (Å²) in [5.41, 5.74) is 2.24. The number of ketones is 1. The van der Waals surface area contributed by atoms with E-state index in [4.69, 9.17) is 20.8 Å². The van der Waals surface area contributed by atoms with Gasteiger partial charge in [0.1, 0.15) is 11.3 Å². The van der Waals surface area contributed by atoms with E-state index in [-0.39, 0.29) is 11.7 Å². The maximum Gasteiger partial charge on any atom is 0.336 e. The molecule has 0 saturated carbocycles. The number of carbonyl (C=O) groups excluding carboxylic acids is 1. The second-order valence-electron chi connectivity index (χ2n) is 8.20. The number of nitrogens with zero attached hydrogens (tertiary/aromatic N) is 2. The molecule has 0 N–H and O–H groups in total. The van der Waals surface area contributed by atoms with E-state index in [1.807, 2.05) is 37.3 Å². The zero-order valence-corrected chi connectivity index (χ0v) is 18.0. The predicted octanol–water partition coefficient (Wildman–Crippen LogP) is 3.77. The number of fused-ring (bicyclic) bond motifs is 3. The second-order valence-corrected chi connectivity index (χ2v) is 8.64. The number of Topliss-reactive ketones (excluding diaryl/α,β-unsaturated/α-hetero) is 1. The van der Waals surface area contributed by atoms with Crippen molar-refractivity contribution >= 4 is 34.0 Å². The van der Waals surface area contributed by atoms with Crippen LogP contribution in [0.3, 0.4) is 0 Å². The van der Waals surface area contributed by atoms with Crippen LogP contribution < -0.4 is 15.3 Å². The third-order valence-electron chi connectivity index (χ3n) is 6.18. The highest BCUT2D eigenvalue weighted by molar-refractivity contribution is 6.30. The molecule has 160 valence electrons. The molecule has 0 amide bonds. The fraction of sp³-hybridized carbons (Fsp3) is 0.333. The van der Waals surface area contributed by atoms with Crippen LogP contribution in [0.15, 0.2) is 51.7 Å². The fourth-order valence-corrected chi connectivity index (χ4v) is 4.60. The summed E-state index contributed by atoms with van der Waals surface area (Å²) in [6, 6.07) is 13.0. The number of hydrogen-bond acceptors (Lipinski definition) is 6. The van der Waals surface area contributed by atoms with Gasteiger partial charge in [-0.3, -0.25) is 9.69 Å². The fourth-order valence-electron chi connectivity index (χ4n) is 4.48. The van der Waals surface area contributed by atoms with Crippen molar-refractivity contribution in [1.29, 1.82) is 0 Å². The van der Waals surface area contributed by atoms with Crippen molar-refractivity contribution in [1.82, 2.24) is 4.90 Å². The van der Waals surface area contributed by atoms with Gasteiger partial charge in [0.2, 0.25) is 0 Å². The zero-order chi connectivity index (χ0) is 21.5. The number of carbonyl (C=O) groups is 1. The van der Waals surface area contributed by atoms with E-state index in [9.17, 15) is 9.59 Å². The summed E-state index contributed by atoms with van der Waals surface area (Å²) in [6.07, 6.45) is 0. The van der Waals surface area contributed by atoms with Crippen molar-refractivity contribution in [2.45, 2.75) is 6.92 Å². The maximum absolute atomic E-state index is 13.4. The van der Waals surface area contributed by atoms with Crippen molar-refractivity contribution in [3.63, 3.8) is 0 Å². The molecular weight excluding hydrogens is 416 g/mol. The van der Waals surface area contributed by atoms with E-state index < -0.39 is 5.63 Å². The summed E-state index contributed by atoms with van der Waals surface area (Å²) < 4.78 is 11.3. The number of piperazine rings is 1. The molecule has 1 aromatic heterocycles. The van der Waals surface area contributed by atoms with E-state index in [1.54, 1.807) is 6.07 Å². The Labute approximate surface area is 185 Å². The average molecular weight is 439 g/mol. The Kier molecular flexibility index (Phi) is 5.20. The molecule has 2 aliphatic rings. The number of ether oxygens (including phenoxy) is 1. The number of benzene rings is 2. The zero-order valence-electron chi connectivity index (χ0n) is 17.3. The Morgan fingerprint density at radius 1 is 1.03 bits per heavy atom. The Balaban J connectivity index is 1.31. The molecule has 0 bridgehead atoms. The molecule has 6 nitrogen and oxygen atoms in total. The van der Waals surface area contributed by atoms with E-state index in [2.05, 4.69) is 9.80 Å². The third kappa shape index (κ3) is 3.82. The van der Waals surface area contributed by atoms with Crippen LogP contribution in [0, 0.1) is 12.8 Å². The van der Waals surface area contributed by atoms with Crippen LogP contribution in [-0.4, -0.2) is 50.0 Å². The van der Waals surface area contributed by atoms with Crippen molar-refractivity contribution < 1.29 is 13.9 Å². The first-order valence-electron chi connectivity index (χ1n) is 10.5. The van der Waals surface area contributed by atoms with Gasteiger partial charge >= 0.3 is 5.63 Å². The van der Waals surface area contributed by atoms with Crippen LogP contribution in [0.1, 0.15) is 15.9 Å². The van der Waals surface area contributed by atoms with Gasteiger partial charge in [-0.1, -0.05) is 11.6 Å². The number of halogens is 1. The molecule has 0 radical (unpaired) electrons. The lowest BCUT2D eigenvalue weighted by molar-refractivity contribution is 0.0764. The number of rotatable bonds is 3.